The van der Waals surface area contributed by atoms with Gasteiger partial charge in [-0.25, -0.2) is 0 Å². The lowest BCUT2D eigenvalue weighted by molar-refractivity contribution is 0.0845. The summed E-state index contributed by atoms with van der Waals surface area (Å²) in [7, 11) is 1.48. The number of hydrogen-bond acceptors (Lipinski definition) is 3. The van der Waals surface area contributed by atoms with Gasteiger partial charge in [0.2, 0.25) is 0 Å². The van der Waals surface area contributed by atoms with Crippen LogP contribution >= 0.6 is 15.9 Å². The van der Waals surface area contributed by atoms with Crippen molar-refractivity contribution < 1.29 is 14.3 Å². The Bertz CT molecular complexity index is 699. The van der Waals surface area contributed by atoms with E-state index in [9.17, 15) is 9.59 Å². The average Bonchev–Trinajstić information content (AvgIpc) is 2.53. The number of methoxy groups -OCH3 is 1. The Morgan fingerprint density at radius 3 is 2.27 bits per heavy atom. The monoisotopic (exact) mass is 362 g/mol. The number of hydrogen-bond donors (Lipinski definition) is 2. The number of rotatable bonds is 3. The first kappa shape index (κ1) is 16.0. The number of hydrazine groups is 1. The van der Waals surface area contributed by atoms with Crippen LogP contribution in [-0.2, 0) is 0 Å². The van der Waals surface area contributed by atoms with E-state index < -0.39 is 5.91 Å². The van der Waals surface area contributed by atoms with Crippen LogP contribution in [0.5, 0.6) is 5.75 Å². The molecule has 0 heterocycles. The number of ether oxygens (including phenoxy) is 1. The van der Waals surface area contributed by atoms with Gasteiger partial charge < -0.3 is 4.74 Å². The summed E-state index contributed by atoms with van der Waals surface area (Å²) in [5, 5.41) is 0. The maximum Gasteiger partial charge on any atom is 0.273 e. The zero-order valence-electron chi connectivity index (χ0n) is 12.1. The second-order valence-electron chi connectivity index (χ2n) is 4.62. The maximum absolute atomic E-state index is 12.1. The Hall–Kier alpha value is -2.34. The minimum atomic E-state index is -0.460. The molecule has 2 N–H and O–H groups in total. The maximum atomic E-state index is 12.1. The van der Waals surface area contributed by atoms with E-state index in [2.05, 4.69) is 26.8 Å². The van der Waals surface area contributed by atoms with E-state index in [-0.39, 0.29) is 5.91 Å². The molecular weight excluding hydrogens is 348 g/mol. The molecule has 0 saturated heterocycles. The second kappa shape index (κ2) is 7.09. The van der Waals surface area contributed by atoms with E-state index >= 15 is 0 Å². The first-order valence-corrected chi connectivity index (χ1v) is 7.31. The summed E-state index contributed by atoms with van der Waals surface area (Å²) >= 11 is 3.29. The second-order valence-corrected chi connectivity index (χ2v) is 5.53. The quantitative estimate of drug-likeness (QED) is 0.825. The highest BCUT2D eigenvalue weighted by Gasteiger charge is 2.14. The van der Waals surface area contributed by atoms with Crippen LogP contribution in [0, 0.1) is 6.92 Å². The van der Waals surface area contributed by atoms with Crippen LogP contribution in [-0.4, -0.2) is 18.9 Å². The topological polar surface area (TPSA) is 67.4 Å². The van der Waals surface area contributed by atoms with Crippen LogP contribution in [0.3, 0.4) is 0 Å². The van der Waals surface area contributed by atoms with Crippen molar-refractivity contribution >= 4 is 27.7 Å². The molecule has 0 bridgehead atoms. The zero-order valence-corrected chi connectivity index (χ0v) is 13.7. The van der Waals surface area contributed by atoms with Gasteiger partial charge in [0.05, 0.1) is 12.7 Å². The minimum Gasteiger partial charge on any atom is -0.496 e. The summed E-state index contributed by atoms with van der Waals surface area (Å²) in [4.78, 5) is 24.1. The average molecular weight is 363 g/mol. The summed E-state index contributed by atoms with van der Waals surface area (Å²) in [5.74, 6) is -0.425. The lowest BCUT2D eigenvalue weighted by Gasteiger charge is -2.11. The predicted molar refractivity (Wildman–Crippen MR) is 86.8 cm³/mol. The summed E-state index contributed by atoms with van der Waals surface area (Å²) in [6.45, 7) is 1.93. The number of carbonyl (C=O) groups is 2. The molecule has 22 heavy (non-hydrogen) atoms. The largest absolute Gasteiger partial charge is 0.496 e. The third-order valence-electron chi connectivity index (χ3n) is 3.01. The molecular formula is C16H15BrN2O3. The van der Waals surface area contributed by atoms with Crippen molar-refractivity contribution in [1.82, 2.24) is 10.9 Å². The normalized spacial score (nSPS) is 9.95. The fourth-order valence-electron chi connectivity index (χ4n) is 1.82. The summed E-state index contributed by atoms with van der Waals surface area (Å²) < 4.78 is 5.87. The molecule has 0 aliphatic carbocycles. The van der Waals surface area contributed by atoms with Gasteiger partial charge in [-0.15, -0.1) is 0 Å². The van der Waals surface area contributed by atoms with Crippen LogP contribution < -0.4 is 15.6 Å². The molecule has 0 fully saturated rings. The summed E-state index contributed by atoms with van der Waals surface area (Å²) in [6.07, 6.45) is 0. The van der Waals surface area contributed by atoms with Crippen LogP contribution in [0.25, 0.3) is 0 Å². The van der Waals surface area contributed by atoms with Crippen LogP contribution in [0.1, 0.15) is 26.3 Å². The third-order valence-corrected chi connectivity index (χ3v) is 3.50. The van der Waals surface area contributed by atoms with Crippen molar-refractivity contribution in [2.75, 3.05) is 7.11 Å². The van der Waals surface area contributed by atoms with Gasteiger partial charge in [0.1, 0.15) is 5.75 Å². The van der Waals surface area contributed by atoms with Gasteiger partial charge in [0.25, 0.3) is 11.8 Å². The Kier molecular flexibility index (Phi) is 5.16. The molecule has 114 valence electrons. The molecule has 0 spiro atoms. The van der Waals surface area contributed by atoms with Gasteiger partial charge in [0.15, 0.2) is 0 Å². The molecule has 2 amide bonds. The Morgan fingerprint density at radius 1 is 1.00 bits per heavy atom. The highest BCUT2D eigenvalue weighted by molar-refractivity contribution is 9.10. The van der Waals surface area contributed by atoms with Gasteiger partial charge in [0, 0.05) is 10.0 Å². The Morgan fingerprint density at radius 2 is 1.64 bits per heavy atom. The molecule has 0 aromatic heterocycles. The molecule has 0 radical (unpaired) electrons. The van der Waals surface area contributed by atoms with E-state index in [4.69, 9.17) is 4.74 Å². The number of halogens is 1. The number of benzene rings is 2. The van der Waals surface area contributed by atoms with Crippen molar-refractivity contribution in [1.29, 1.82) is 0 Å². The molecule has 2 rings (SSSR count). The fraction of sp³-hybridized carbons (Fsp3) is 0.125. The Labute approximate surface area is 136 Å². The molecule has 0 atom stereocenters. The van der Waals surface area contributed by atoms with E-state index in [1.54, 1.807) is 30.3 Å². The summed E-state index contributed by atoms with van der Waals surface area (Å²) in [6, 6.07) is 12.1. The van der Waals surface area contributed by atoms with E-state index in [1.807, 2.05) is 19.1 Å². The standard InChI is InChI=1S/C16H15BrN2O3/c1-10-3-5-11(6-4-10)15(20)18-19-16(21)13-9-12(17)7-8-14(13)22-2/h3-9H,1-2H3,(H,18,20)(H,19,21). The Balaban J connectivity index is 2.05. The van der Waals surface area contributed by atoms with Gasteiger partial charge in [-0.3, -0.25) is 20.4 Å². The molecule has 2 aromatic rings. The fourth-order valence-corrected chi connectivity index (χ4v) is 2.18. The zero-order chi connectivity index (χ0) is 16.1. The lowest BCUT2D eigenvalue weighted by Crippen LogP contribution is -2.41. The molecule has 0 aliphatic heterocycles. The SMILES string of the molecule is COc1ccc(Br)cc1C(=O)NNC(=O)c1ccc(C)cc1. The van der Waals surface area contributed by atoms with E-state index in [0.717, 1.165) is 10.0 Å². The van der Waals surface area contributed by atoms with Gasteiger partial charge in [-0.2, -0.15) is 0 Å². The molecule has 0 saturated carbocycles. The molecule has 0 unspecified atom stereocenters. The third kappa shape index (κ3) is 3.85. The van der Waals surface area contributed by atoms with Crippen molar-refractivity contribution in [3.05, 3.63) is 63.6 Å². The first-order chi connectivity index (χ1) is 10.5. The number of aryl methyl sites for hydroxylation is 1. The van der Waals surface area contributed by atoms with Crippen LogP contribution in [0.15, 0.2) is 46.9 Å². The number of nitrogens with one attached hydrogen (secondary N) is 2. The molecule has 0 aliphatic rings. The molecule has 2 aromatic carbocycles. The summed E-state index contributed by atoms with van der Waals surface area (Å²) in [5.41, 5.74) is 6.59. The molecule has 5 nitrogen and oxygen atoms in total. The number of carbonyl (C=O) groups excluding carboxylic acids is 2. The predicted octanol–water partition coefficient (Wildman–Crippen LogP) is 2.84. The minimum absolute atomic E-state index is 0.320. The van der Waals surface area contributed by atoms with Crippen molar-refractivity contribution in [2.45, 2.75) is 6.92 Å². The van der Waals surface area contributed by atoms with Crippen LogP contribution in [0.2, 0.25) is 0 Å². The van der Waals surface area contributed by atoms with Gasteiger partial charge >= 0.3 is 0 Å². The molecule has 6 heteroatoms. The highest BCUT2D eigenvalue weighted by atomic mass is 79.9. The van der Waals surface area contributed by atoms with E-state index in [1.165, 1.54) is 7.11 Å². The number of amides is 2. The van der Waals surface area contributed by atoms with Crippen molar-refractivity contribution in [3.8, 4) is 5.75 Å². The van der Waals surface area contributed by atoms with E-state index in [0.29, 0.717) is 16.9 Å². The smallest absolute Gasteiger partial charge is 0.273 e. The lowest BCUT2D eigenvalue weighted by atomic mass is 10.1. The van der Waals surface area contributed by atoms with Crippen molar-refractivity contribution in [2.24, 2.45) is 0 Å². The highest BCUT2D eigenvalue weighted by Crippen LogP contribution is 2.22. The first-order valence-electron chi connectivity index (χ1n) is 6.52. The van der Waals surface area contributed by atoms with Gasteiger partial charge in [-0.1, -0.05) is 33.6 Å². The van der Waals surface area contributed by atoms with Crippen LogP contribution in [0.4, 0.5) is 0 Å². The van der Waals surface area contributed by atoms with Crippen molar-refractivity contribution in [3.63, 3.8) is 0 Å². The van der Waals surface area contributed by atoms with Gasteiger partial charge in [-0.05, 0) is 37.3 Å².